The van der Waals surface area contributed by atoms with Crippen molar-refractivity contribution >= 4 is 43.0 Å². The summed E-state index contributed by atoms with van der Waals surface area (Å²) in [7, 11) is -0.285. The van der Waals surface area contributed by atoms with E-state index in [4.69, 9.17) is 0 Å². The molecule has 1 heterocycles. The van der Waals surface area contributed by atoms with Crippen molar-refractivity contribution in [2.45, 2.75) is 5.75 Å². The molecule has 1 aromatic rings. The molecule has 0 atom stereocenters. The number of amides is 1. The van der Waals surface area contributed by atoms with Gasteiger partial charge in [-0.05, 0) is 28.1 Å². The summed E-state index contributed by atoms with van der Waals surface area (Å²) < 4.78 is 24.2. The maximum Gasteiger partial charge on any atom is 0.237 e. The Bertz CT molecular complexity index is 479. The first kappa shape index (κ1) is 13.7. The van der Waals surface area contributed by atoms with Crippen LogP contribution in [0.15, 0.2) is 15.9 Å². The van der Waals surface area contributed by atoms with E-state index in [9.17, 15) is 13.2 Å². The lowest BCUT2D eigenvalue weighted by Crippen LogP contribution is -2.29. The van der Waals surface area contributed by atoms with Gasteiger partial charge < -0.3 is 4.90 Å². The average Bonchev–Trinajstić information content (AvgIpc) is 2.48. The van der Waals surface area contributed by atoms with Crippen LogP contribution in [-0.4, -0.2) is 39.1 Å². The highest BCUT2D eigenvalue weighted by Crippen LogP contribution is 2.23. The number of thiophene rings is 1. The molecule has 0 aliphatic heterocycles. The predicted molar refractivity (Wildman–Crippen MR) is 68.2 cm³/mol. The molecular weight excluding hydrogens is 314 g/mol. The first-order valence-corrected chi connectivity index (χ1v) is 7.88. The zero-order valence-corrected chi connectivity index (χ0v) is 12.2. The van der Waals surface area contributed by atoms with E-state index < -0.39 is 21.5 Å². The quantitative estimate of drug-likeness (QED) is 0.843. The summed E-state index contributed by atoms with van der Waals surface area (Å²) in [5.41, 5.74) is 0. The number of hydrogen-bond acceptors (Lipinski definition) is 4. The lowest BCUT2D eigenvalue weighted by Gasteiger charge is -2.09. The van der Waals surface area contributed by atoms with Crippen LogP contribution in [0.2, 0.25) is 0 Å². The molecule has 0 unspecified atom stereocenters. The van der Waals surface area contributed by atoms with Crippen molar-refractivity contribution in [3.05, 3.63) is 20.8 Å². The molecule has 0 aliphatic carbocycles. The van der Waals surface area contributed by atoms with Gasteiger partial charge in [-0.15, -0.1) is 11.3 Å². The third-order valence-electron chi connectivity index (χ3n) is 1.83. The van der Waals surface area contributed by atoms with Gasteiger partial charge in [0.25, 0.3) is 0 Å². The summed E-state index contributed by atoms with van der Waals surface area (Å²) >= 11 is 4.62. The molecule has 0 aromatic carbocycles. The van der Waals surface area contributed by atoms with E-state index >= 15 is 0 Å². The monoisotopic (exact) mass is 325 g/mol. The van der Waals surface area contributed by atoms with Gasteiger partial charge in [0.2, 0.25) is 5.91 Å². The summed E-state index contributed by atoms with van der Waals surface area (Å²) in [5.74, 6) is -0.908. The van der Waals surface area contributed by atoms with Gasteiger partial charge in [-0.3, -0.25) is 4.79 Å². The number of hydrogen-bond donors (Lipinski definition) is 0. The number of halogens is 1. The minimum absolute atomic E-state index is 0.0805. The maximum atomic E-state index is 11.7. The molecule has 0 saturated carbocycles. The standard InChI is InChI=1S/C9H12BrNO3S2/c1-11(2)9(12)6-16(13,14)5-7-3-4-8(10)15-7/h3-4H,5-6H2,1-2H3. The minimum atomic E-state index is -3.37. The fourth-order valence-corrected chi connectivity index (χ4v) is 4.33. The van der Waals surface area contributed by atoms with Crippen molar-refractivity contribution in [2.75, 3.05) is 19.8 Å². The molecule has 90 valence electrons. The second kappa shape index (κ2) is 5.29. The summed E-state index contributed by atoms with van der Waals surface area (Å²) in [6.07, 6.45) is 0. The Hall–Kier alpha value is -0.400. The van der Waals surface area contributed by atoms with Crippen LogP contribution in [0.4, 0.5) is 0 Å². The number of sulfone groups is 1. The van der Waals surface area contributed by atoms with Gasteiger partial charge in [0.15, 0.2) is 9.84 Å². The highest BCUT2D eigenvalue weighted by atomic mass is 79.9. The third-order valence-corrected chi connectivity index (χ3v) is 5.08. The van der Waals surface area contributed by atoms with Crippen LogP contribution >= 0.6 is 27.3 Å². The smallest absolute Gasteiger partial charge is 0.237 e. The molecular formula is C9H12BrNO3S2. The highest BCUT2D eigenvalue weighted by molar-refractivity contribution is 9.11. The number of carbonyl (C=O) groups excluding carboxylic acids is 1. The van der Waals surface area contributed by atoms with E-state index in [0.29, 0.717) is 0 Å². The second-order valence-corrected chi connectivity index (χ2v) is 8.14. The van der Waals surface area contributed by atoms with Gasteiger partial charge in [-0.25, -0.2) is 8.42 Å². The Labute approximate surface area is 107 Å². The zero-order valence-electron chi connectivity index (χ0n) is 8.94. The molecule has 0 bridgehead atoms. The Morgan fingerprint density at radius 2 is 2.06 bits per heavy atom. The summed E-state index contributed by atoms with van der Waals surface area (Å²) in [6.45, 7) is 0. The molecule has 0 aliphatic rings. The Morgan fingerprint density at radius 3 is 2.50 bits per heavy atom. The summed E-state index contributed by atoms with van der Waals surface area (Å²) in [4.78, 5) is 13.3. The number of nitrogens with zero attached hydrogens (tertiary/aromatic N) is 1. The Balaban J connectivity index is 2.69. The second-order valence-electron chi connectivity index (χ2n) is 3.53. The van der Waals surface area contributed by atoms with E-state index in [2.05, 4.69) is 15.9 Å². The number of rotatable bonds is 4. The molecule has 16 heavy (non-hydrogen) atoms. The van der Waals surface area contributed by atoms with Crippen LogP contribution < -0.4 is 0 Å². The lowest BCUT2D eigenvalue weighted by atomic mass is 10.5. The Kier molecular flexibility index (Phi) is 4.52. The van der Waals surface area contributed by atoms with Crippen molar-refractivity contribution in [3.8, 4) is 0 Å². The zero-order chi connectivity index (χ0) is 12.3. The van der Waals surface area contributed by atoms with Crippen molar-refractivity contribution < 1.29 is 13.2 Å². The van der Waals surface area contributed by atoms with Gasteiger partial charge >= 0.3 is 0 Å². The SMILES string of the molecule is CN(C)C(=O)CS(=O)(=O)Cc1ccc(Br)s1. The normalized spacial score (nSPS) is 11.4. The third kappa shape index (κ3) is 4.23. The topological polar surface area (TPSA) is 54.5 Å². The van der Waals surface area contributed by atoms with Crippen molar-refractivity contribution in [3.63, 3.8) is 0 Å². The van der Waals surface area contributed by atoms with Crippen LogP contribution in [0.25, 0.3) is 0 Å². The van der Waals surface area contributed by atoms with Crippen molar-refractivity contribution in [1.82, 2.24) is 4.90 Å². The van der Waals surface area contributed by atoms with Crippen molar-refractivity contribution in [1.29, 1.82) is 0 Å². The fraction of sp³-hybridized carbons (Fsp3) is 0.444. The molecule has 0 N–H and O–H groups in total. The largest absolute Gasteiger partial charge is 0.348 e. The molecule has 1 amide bonds. The lowest BCUT2D eigenvalue weighted by molar-refractivity contribution is -0.125. The van der Waals surface area contributed by atoms with E-state index in [0.717, 1.165) is 8.66 Å². The molecule has 7 heteroatoms. The van der Waals surface area contributed by atoms with Crippen LogP contribution in [0, 0.1) is 0 Å². The van der Waals surface area contributed by atoms with E-state index in [1.54, 1.807) is 26.2 Å². The van der Waals surface area contributed by atoms with Gasteiger partial charge in [-0.2, -0.15) is 0 Å². The van der Waals surface area contributed by atoms with Crippen LogP contribution in [0.3, 0.4) is 0 Å². The molecule has 0 radical (unpaired) electrons. The van der Waals surface area contributed by atoms with Gasteiger partial charge in [0.05, 0.1) is 9.54 Å². The van der Waals surface area contributed by atoms with Gasteiger partial charge in [-0.1, -0.05) is 0 Å². The first-order valence-electron chi connectivity index (χ1n) is 4.45. The van der Waals surface area contributed by atoms with E-state index in [1.165, 1.54) is 16.2 Å². The first-order chi connectivity index (χ1) is 7.30. The van der Waals surface area contributed by atoms with E-state index in [1.807, 2.05) is 0 Å². The molecule has 1 aromatic heterocycles. The molecule has 4 nitrogen and oxygen atoms in total. The molecule has 0 fully saturated rings. The highest BCUT2D eigenvalue weighted by Gasteiger charge is 2.19. The Morgan fingerprint density at radius 1 is 1.44 bits per heavy atom. The molecule has 0 spiro atoms. The number of carbonyl (C=O) groups is 1. The van der Waals surface area contributed by atoms with Gasteiger partial charge in [0.1, 0.15) is 5.75 Å². The minimum Gasteiger partial charge on any atom is -0.348 e. The van der Waals surface area contributed by atoms with Crippen LogP contribution in [-0.2, 0) is 20.4 Å². The predicted octanol–water partition coefficient (Wildman–Crippen LogP) is 1.51. The van der Waals surface area contributed by atoms with Crippen LogP contribution in [0.5, 0.6) is 0 Å². The molecule has 1 rings (SSSR count). The maximum absolute atomic E-state index is 11.7. The summed E-state index contributed by atoms with van der Waals surface area (Å²) in [5, 5.41) is 0. The van der Waals surface area contributed by atoms with E-state index in [-0.39, 0.29) is 5.75 Å². The van der Waals surface area contributed by atoms with Gasteiger partial charge in [0, 0.05) is 19.0 Å². The molecule has 0 saturated heterocycles. The fourth-order valence-electron chi connectivity index (χ4n) is 1.01. The average molecular weight is 326 g/mol. The van der Waals surface area contributed by atoms with Crippen LogP contribution in [0.1, 0.15) is 4.88 Å². The summed E-state index contributed by atoms with van der Waals surface area (Å²) in [6, 6.07) is 3.54. The van der Waals surface area contributed by atoms with Crippen molar-refractivity contribution in [2.24, 2.45) is 0 Å².